The van der Waals surface area contributed by atoms with Crippen LogP contribution in [0.15, 0.2) is 83.3 Å². The Morgan fingerprint density at radius 1 is 0.708 bits per heavy atom. The van der Waals surface area contributed by atoms with Crippen LogP contribution in [0.3, 0.4) is 0 Å². The van der Waals surface area contributed by atoms with Crippen molar-refractivity contribution >= 4 is 32.7 Å². The number of para-hydroxylation sites is 1. The van der Waals surface area contributed by atoms with Gasteiger partial charge in [-0.05, 0) is 41.0 Å². The summed E-state index contributed by atoms with van der Waals surface area (Å²) < 4.78 is 6.23. The van der Waals surface area contributed by atoms with Gasteiger partial charge in [0.25, 0.3) is 0 Å². The van der Waals surface area contributed by atoms with E-state index in [-0.39, 0.29) is 0 Å². The predicted molar refractivity (Wildman–Crippen MR) is 101 cm³/mol. The van der Waals surface area contributed by atoms with Crippen molar-refractivity contribution in [3.63, 3.8) is 0 Å². The van der Waals surface area contributed by atoms with Crippen molar-refractivity contribution in [1.82, 2.24) is 0 Å². The molecule has 114 valence electrons. The fourth-order valence-electron chi connectivity index (χ4n) is 3.61. The van der Waals surface area contributed by atoms with E-state index in [0.717, 1.165) is 16.7 Å². The number of fused-ring (bicyclic) bond motifs is 4. The summed E-state index contributed by atoms with van der Waals surface area (Å²) in [5.41, 5.74) is 5.52. The van der Waals surface area contributed by atoms with E-state index in [2.05, 4.69) is 79.7 Å². The number of hydrogen-bond acceptors (Lipinski definition) is 1. The lowest BCUT2D eigenvalue weighted by atomic mass is 9.99. The predicted octanol–water partition coefficient (Wildman–Crippen LogP) is 6.71. The van der Waals surface area contributed by atoms with E-state index in [1.165, 1.54) is 32.7 Å². The van der Waals surface area contributed by atoms with Crippen LogP contribution in [-0.2, 0) is 0 Å². The summed E-state index contributed by atoms with van der Waals surface area (Å²) in [5.74, 6) is 0. The normalized spacial score (nSPS) is 11.5. The summed E-state index contributed by atoms with van der Waals surface area (Å²) in [4.78, 5) is 0. The van der Waals surface area contributed by atoms with Gasteiger partial charge in [-0.3, -0.25) is 0 Å². The molecule has 5 aromatic rings. The monoisotopic (exact) mass is 308 g/mol. The van der Waals surface area contributed by atoms with Gasteiger partial charge in [-0.1, -0.05) is 66.7 Å². The molecule has 1 aromatic heterocycles. The third-order valence-electron chi connectivity index (χ3n) is 4.79. The van der Waals surface area contributed by atoms with Crippen LogP contribution in [0.1, 0.15) is 5.56 Å². The highest BCUT2D eigenvalue weighted by molar-refractivity contribution is 6.11. The summed E-state index contributed by atoms with van der Waals surface area (Å²) in [6.45, 7) is 2.14. The third-order valence-corrected chi connectivity index (χ3v) is 4.79. The van der Waals surface area contributed by atoms with E-state index < -0.39 is 0 Å². The highest BCUT2D eigenvalue weighted by atomic mass is 16.3. The molecule has 0 fully saturated rings. The maximum atomic E-state index is 6.23. The highest BCUT2D eigenvalue weighted by Crippen LogP contribution is 2.37. The Labute approximate surface area is 140 Å². The van der Waals surface area contributed by atoms with Crippen molar-refractivity contribution in [1.29, 1.82) is 0 Å². The van der Waals surface area contributed by atoms with Gasteiger partial charge >= 0.3 is 0 Å². The van der Waals surface area contributed by atoms with Gasteiger partial charge in [0.15, 0.2) is 0 Å². The topological polar surface area (TPSA) is 13.1 Å². The van der Waals surface area contributed by atoms with Gasteiger partial charge in [0.2, 0.25) is 0 Å². The Bertz CT molecular complexity index is 1210. The molecule has 0 aliphatic heterocycles. The van der Waals surface area contributed by atoms with Crippen LogP contribution in [0, 0.1) is 6.92 Å². The van der Waals surface area contributed by atoms with Crippen LogP contribution in [0.25, 0.3) is 43.8 Å². The number of benzene rings is 4. The second kappa shape index (κ2) is 4.97. The largest absolute Gasteiger partial charge is 0.455 e. The summed E-state index contributed by atoms with van der Waals surface area (Å²) in [6, 6.07) is 27.7. The van der Waals surface area contributed by atoms with Gasteiger partial charge in [0, 0.05) is 16.3 Å². The summed E-state index contributed by atoms with van der Waals surface area (Å²) >= 11 is 0. The van der Waals surface area contributed by atoms with E-state index in [0.29, 0.717) is 0 Å². The first-order chi connectivity index (χ1) is 11.8. The molecular weight excluding hydrogens is 292 g/mol. The molecule has 0 saturated carbocycles. The summed E-state index contributed by atoms with van der Waals surface area (Å²) in [5, 5.41) is 4.91. The zero-order valence-corrected chi connectivity index (χ0v) is 13.4. The second-order valence-electron chi connectivity index (χ2n) is 6.29. The van der Waals surface area contributed by atoms with Gasteiger partial charge in [0.1, 0.15) is 11.2 Å². The van der Waals surface area contributed by atoms with Crippen LogP contribution >= 0.6 is 0 Å². The Balaban J connectivity index is 1.85. The van der Waals surface area contributed by atoms with Gasteiger partial charge in [-0.2, -0.15) is 0 Å². The molecule has 0 N–H and O–H groups in total. The molecule has 5 rings (SSSR count). The van der Waals surface area contributed by atoms with Crippen molar-refractivity contribution in [3.8, 4) is 11.1 Å². The van der Waals surface area contributed by atoms with Gasteiger partial charge in [-0.25, -0.2) is 0 Å². The minimum Gasteiger partial charge on any atom is -0.455 e. The quantitative estimate of drug-likeness (QED) is 0.335. The minimum absolute atomic E-state index is 0.957. The van der Waals surface area contributed by atoms with Crippen molar-refractivity contribution in [2.75, 3.05) is 0 Å². The van der Waals surface area contributed by atoms with Crippen LogP contribution < -0.4 is 0 Å². The van der Waals surface area contributed by atoms with E-state index in [9.17, 15) is 0 Å². The van der Waals surface area contributed by atoms with Gasteiger partial charge < -0.3 is 4.42 Å². The average molecular weight is 308 g/mol. The zero-order valence-electron chi connectivity index (χ0n) is 13.4. The lowest BCUT2D eigenvalue weighted by Crippen LogP contribution is -1.80. The molecule has 24 heavy (non-hydrogen) atoms. The molecule has 4 aromatic carbocycles. The van der Waals surface area contributed by atoms with Crippen molar-refractivity contribution in [3.05, 3.63) is 84.4 Å². The average Bonchev–Trinajstić information content (AvgIpc) is 3.01. The first-order valence-electron chi connectivity index (χ1n) is 8.21. The Hall–Kier alpha value is -3.06. The molecule has 1 nitrogen and oxygen atoms in total. The van der Waals surface area contributed by atoms with Crippen LogP contribution in [-0.4, -0.2) is 0 Å². The van der Waals surface area contributed by atoms with Crippen molar-refractivity contribution < 1.29 is 4.42 Å². The maximum absolute atomic E-state index is 6.23. The summed E-state index contributed by atoms with van der Waals surface area (Å²) in [6.07, 6.45) is 0. The molecule has 0 saturated heterocycles. The molecule has 0 aliphatic carbocycles. The fraction of sp³-hybridized carbons (Fsp3) is 0.0435. The molecule has 0 unspecified atom stereocenters. The Kier molecular flexibility index (Phi) is 2.77. The molecular formula is C23H16O. The number of aryl methyl sites for hydroxylation is 1. The lowest BCUT2D eigenvalue weighted by Gasteiger charge is -2.05. The molecule has 0 spiro atoms. The van der Waals surface area contributed by atoms with E-state index in [1.54, 1.807) is 0 Å². The van der Waals surface area contributed by atoms with E-state index >= 15 is 0 Å². The number of furan rings is 1. The minimum atomic E-state index is 0.957. The smallest absolute Gasteiger partial charge is 0.143 e. The van der Waals surface area contributed by atoms with Crippen LogP contribution in [0.4, 0.5) is 0 Å². The SMILES string of the molecule is Cc1cccc2oc3c(-c4ccc5ccccc5c4)cccc3c12. The first kappa shape index (κ1) is 13.4. The molecule has 1 heterocycles. The van der Waals surface area contributed by atoms with Crippen molar-refractivity contribution in [2.24, 2.45) is 0 Å². The lowest BCUT2D eigenvalue weighted by molar-refractivity contribution is 0.670. The van der Waals surface area contributed by atoms with E-state index in [4.69, 9.17) is 4.42 Å². The van der Waals surface area contributed by atoms with E-state index in [1.807, 2.05) is 6.07 Å². The molecule has 0 amide bonds. The first-order valence-corrected chi connectivity index (χ1v) is 8.21. The molecule has 0 radical (unpaired) electrons. The zero-order chi connectivity index (χ0) is 16.1. The van der Waals surface area contributed by atoms with Gasteiger partial charge in [0.05, 0.1) is 0 Å². The molecule has 0 aliphatic rings. The fourth-order valence-corrected chi connectivity index (χ4v) is 3.61. The standard InChI is InChI=1S/C23H16O/c1-15-6-4-11-21-22(15)20-10-5-9-19(23(20)24-21)18-13-12-16-7-2-3-8-17(16)14-18/h2-14H,1H3. The van der Waals surface area contributed by atoms with Gasteiger partial charge in [-0.15, -0.1) is 0 Å². The second-order valence-corrected chi connectivity index (χ2v) is 6.29. The van der Waals surface area contributed by atoms with Crippen LogP contribution in [0.5, 0.6) is 0 Å². The maximum Gasteiger partial charge on any atom is 0.143 e. The number of rotatable bonds is 1. The van der Waals surface area contributed by atoms with Crippen LogP contribution in [0.2, 0.25) is 0 Å². The highest BCUT2D eigenvalue weighted by Gasteiger charge is 2.13. The Morgan fingerprint density at radius 2 is 1.54 bits per heavy atom. The molecule has 0 bridgehead atoms. The molecule has 1 heteroatoms. The Morgan fingerprint density at radius 3 is 2.46 bits per heavy atom. The number of hydrogen-bond donors (Lipinski definition) is 0. The summed E-state index contributed by atoms with van der Waals surface area (Å²) in [7, 11) is 0. The third kappa shape index (κ3) is 1.88. The van der Waals surface area contributed by atoms with Crippen molar-refractivity contribution in [2.45, 2.75) is 6.92 Å². The molecule has 0 atom stereocenters.